The summed E-state index contributed by atoms with van der Waals surface area (Å²) in [6.07, 6.45) is 1.59. The predicted octanol–water partition coefficient (Wildman–Crippen LogP) is 6.35. The van der Waals surface area contributed by atoms with Crippen LogP contribution in [-0.4, -0.2) is 25.0 Å². The van der Waals surface area contributed by atoms with Gasteiger partial charge in [-0.05, 0) is 65.5 Å². The van der Waals surface area contributed by atoms with Crippen molar-refractivity contribution in [1.82, 2.24) is 5.43 Å². The highest BCUT2D eigenvalue weighted by atomic mass is 79.9. The summed E-state index contributed by atoms with van der Waals surface area (Å²) in [7, 11) is 1.59. The molecule has 0 radical (unpaired) electrons. The molecule has 1 amide bonds. The molecule has 34 heavy (non-hydrogen) atoms. The number of benzene rings is 3. The van der Waals surface area contributed by atoms with E-state index in [2.05, 4.69) is 77.6 Å². The van der Waals surface area contributed by atoms with Crippen LogP contribution in [0.25, 0.3) is 0 Å². The zero-order chi connectivity index (χ0) is 24.5. The van der Waals surface area contributed by atoms with Gasteiger partial charge in [0.15, 0.2) is 11.5 Å². The summed E-state index contributed by atoms with van der Waals surface area (Å²) in [5, 5.41) is 4.09. The molecule has 0 aliphatic heterocycles. The molecule has 7 heteroatoms. The van der Waals surface area contributed by atoms with Gasteiger partial charge in [0, 0.05) is 5.75 Å². The van der Waals surface area contributed by atoms with E-state index < -0.39 is 0 Å². The minimum atomic E-state index is -0.144. The van der Waals surface area contributed by atoms with E-state index in [-0.39, 0.29) is 5.91 Å². The Kier molecular flexibility index (Phi) is 9.60. The van der Waals surface area contributed by atoms with Crippen molar-refractivity contribution in [2.24, 2.45) is 5.10 Å². The van der Waals surface area contributed by atoms with Crippen LogP contribution in [0, 0.1) is 20.8 Å². The van der Waals surface area contributed by atoms with Gasteiger partial charge in [-0.15, -0.1) is 11.8 Å². The highest BCUT2D eigenvalue weighted by molar-refractivity contribution is 9.10. The third-order valence-corrected chi connectivity index (χ3v) is 6.53. The highest BCUT2D eigenvalue weighted by Gasteiger charge is 2.12. The Morgan fingerprint density at radius 1 is 1.00 bits per heavy atom. The second-order valence-corrected chi connectivity index (χ2v) is 9.93. The number of ether oxygens (including phenoxy) is 2. The Morgan fingerprint density at radius 3 is 2.38 bits per heavy atom. The van der Waals surface area contributed by atoms with Gasteiger partial charge in [-0.3, -0.25) is 4.79 Å². The van der Waals surface area contributed by atoms with Crippen molar-refractivity contribution in [3.05, 3.63) is 92.5 Å². The summed E-state index contributed by atoms with van der Waals surface area (Å²) in [6, 6.07) is 18.3. The summed E-state index contributed by atoms with van der Waals surface area (Å²) in [4.78, 5) is 12.1. The van der Waals surface area contributed by atoms with Crippen LogP contribution in [0.1, 0.15) is 33.4 Å². The Labute approximate surface area is 214 Å². The minimum Gasteiger partial charge on any atom is -0.493 e. The molecule has 1 N–H and O–H groups in total. The van der Waals surface area contributed by atoms with Crippen molar-refractivity contribution in [3.63, 3.8) is 0 Å². The molecule has 3 aromatic rings. The van der Waals surface area contributed by atoms with E-state index >= 15 is 0 Å². The Bertz CT molecular complexity index is 1140. The molecule has 0 unspecified atom stereocenters. The quantitative estimate of drug-likeness (QED) is 0.240. The van der Waals surface area contributed by atoms with Gasteiger partial charge in [0.2, 0.25) is 5.91 Å². The first kappa shape index (κ1) is 25.8. The van der Waals surface area contributed by atoms with E-state index in [1.807, 2.05) is 24.3 Å². The number of nitrogens with zero attached hydrogens (tertiary/aromatic N) is 1. The van der Waals surface area contributed by atoms with Crippen LogP contribution in [-0.2, 0) is 17.2 Å². The number of carbonyl (C=O) groups is 1. The fourth-order valence-corrected chi connectivity index (χ4v) is 4.75. The van der Waals surface area contributed by atoms with Gasteiger partial charge in [0.25, 0.3) is 0 Å². The number of hydrogen-bond acceptors (Lipinski definition) is 5. The summed E-state index contributed by atoms with van der Waals surface area (Å²) < 4.78 is 12.2. The lowest BCUT2D eigenvalue weighted by atomic mass is 10.1. The molecule has 0 atom stereocenters. The highest BCUT2D eigenvalue weighted by Crippen LogP contribution is 2.36. The number of rotatable bonds is 10. The van der Waals surface area contributed by atoms with Crippen molar-refractivity contribution in [3.8, 4) is 11.5 Å². The molecule has 0 aliphatic carbocycles. The van der Waals surface area contributed by atoms with Gasteiger partial charge in [0.05, 0.1) is 23.5 Å². The Morgan fingerprint density at radius 2 is 1.71 bits per heavy atom. The summed E-state index contributed by atoms with van der Waals surface area (Å²) in [5.74, 6) is 2.18. The van der Waals surface area contributed by atoms with Gasteiger partial charge in [-0.2, -0.15) is 5.10 Å². The van der Waals surface area contributed by atoms with E-state index in [0.29, 0.717) is 23.9 Å². The van der Waals surface area contributed by atoms with Crippen molar-refractivity contribution in [1.29, 1.82) is 0 Å². The topological polar surface area (TPSA) is 59.9 Å². The van der Waals surface area contributed by atoms with Gasteiger partial charge >= 0.3 is 0 Å². The van der Waals surface area contributed by atoms with Crippen LogP contribution in [0.4, 0.5) is 0 Å². The first-order valence-corrected chi connectivity index (χ1v) is 12.8. The molecule has 3 aromatic carbocycles. The molecule has 0 aromatic heterocycles. The second kappa shape index (κ2) is 12.6. The SMILES string of the molecule is COc1cc(/C=N\NC(=O)CSCc2cc(C)cc(C)c2)cc(Br)c1OCc1ccc(C)cc1. The first-order chi connectivity index (χ1) is 16.3. The number of carbonyl (C=O) groups excluding carboxylic acids is 1. The van der Waals surface area contributed by atoms with Crippen LogP contribution in [0.5, 0.6) is 11.5 Å². The molecule has 0 spiro atoms. The third kappa shape index (κ3) is 7.92. The van der Waals surface area contributed by atoms with Crippen LogP contribution in [0.15, 0.2) is 64.2 Å². The zero-order valence-electron chi connectivity index (χ0n) is 19.9. The van der Waals surface area contributed by atoms with E-state index in [1.54, 1.807) is 25.1 Å². The number of nitrogens with one attached hydrogen (secondary N) is 1. The molecular formula is C27H29BrN2O3S. The lowest BCUT2D eigenvalue weighted by Crippen LogP contribution is -2.19. The normalized spacial score (nSPS) is 11.0. The molecule has 0 saturated carbocycles. The fraction of sp³-hybridized carbons (Fsp3) is 0.259. The van der Waals surface area contributed by atoms with E-state index in [9.17, 15) is 4.79 Å². The molecule has 3 rings (SSSR count). The van der Waals surface area contributed by atoms with E-state index in [1.165, 1.54) is 22.3 Å². The molecule has 5 nitrogen and oxygen atoms in total. The first-order valence-electron chi connectivity index (χ1n) is 10.9. The lowest BCUT2D eigenvalue weighted by Gasteiger charge is -2.13. The van der Waals surface area contributed by atoms with Crippen molar-refractivity contribution >= 4 is 39.8 Å². The number of amides is 1. The van der Waals surface area contributed by atoms with E-state index in [4.69, 9.17) is 9.47 Å². The molecule has 0 bridgehead atoms. The number of methoxy groups -OCH3 is 1. The van der Waals surface area contributed by atoms with Crippen LogP contribution in [0.3, 0.4) is 0 Å². The second-order valence-electron chi connectivity index (χ2n) is 8.09. The van der Waals surface area contributed by atoms with Crippen LogP contribution in [0.2, 0.25) is 0 Å². The zero-order valence-corrected chi connectivity index (χ0v) is 22.3. The fourth-order valence-electron chi connectivity index (χ4n) is 3.42. The molecule has 178 valence electrons. The van der Waals surface area contributed by atoms with Crippen molar-refractivity contribution < 1.29 is 14.3 Å². The molecule has 0 saturated heterocycles. The number of thioether (sulfide) groups is 1. The van der Waals surface area contributed by atoms with Gasteiger partial charge < -0.3 is 9.47 Å². The maximum atomic E-state index is 12.1. The Hall–Kier alpha value is -2.77. The standard InChI is InChI=1S/C27H29BrN2O3S/c1-18-5-7-21(8-6-18)15-33-27-24(28)12-22(13-25(27)32-4)14-29-30-26(31)17-34-16-23-10-19(2)9-20(3)11-23/h5-14H,15-17H2,1-4H3,(H,30,31)/b29-14-. The number of halogens is 1. The average molecular weight is 542 g/mol. The van der Waals surface area contributed by atoms with Gasteiger partial charge in [0.1, 0.15) is 6.61 Å². The Balaban J connectivity index is 1.52. The molecule has 0 aliphatic rings. The average Bonchev–Trinajstić information content (AvgIpc) is 2.78. The molecular weight excluding hydrogens is 512 g/mol. The number of aryl methyl sites for hydroxylation is 3. The van der Waals surface area contributed by atoms with Gasteiger partial charge in [-0.25, -0.2) is 5.43 Å². The summed E-state index contributed by atoms with van der Waals surface area (Å²) >= 11 is 5.12. The maximum absolute atomic E-state index is 12.1. The number of hydrazone groups is 1. The van der Waals surface area contributed by atoms with Crippen LogP contribution >= 0.6 is 27.7 Å². The predicted molar refractivity (Wildman–Crippen MR) is 144 cm³/mol. The molecule has 0 fully saturated rings. The van der Waals surface area contributed by atoms with Gasteiger partial charge in [-0.1, -0.05) is 59.2 Å². The van der Waals surface area contributed by atoms with Crippen LogP contribution < -0.4 is 14.9 Å². The van der Waals surface area contributed by atoms with E-state index in [0.717, 1.165) is 21.4 Å². The minimum absolute atomic E-state index is 0.144. The molecule has 0 heterocycles. The largest absolute Gasteiger partial charge is 0.493 e. The van der Waals surface area contributed by atoms with Crippen molar-refractivity contribution in [2.75, 3.05) is 12.9 Å². The van der Waals surface area contributed by atoms with Crippen molar-refractivity contribution in [2.45, 2.75) is 33.1 Å². The third-order valence-electron chi connectivity index (χ3n) is 4.94. The summed E-state index contributed by atoms with van der Waals surface area (Å²) in [5.41, 5.74) is 9.33. The lowest BCUT2D eigenvalue weighted by molar-refractivity contribution is -0.118. The maximum Gasteiger partial charge on any atom is 0.250 e. The smallest absolute Gasteiger partial charge is 0.250 e. The number of hydrogen-bond donors (Lipinski definition) is 1. The monoisotopic (exact) mass is 540 g/mol. The summed E-state index contributed by atoms with van der Waals surface area (Å²) in [6.45, 7) is 6.65.